The van der Waals surface area contributed by atoms with E-state index < -0.39 is 23.6 Å². The van der Waals surface area contributed by atoms with Crippen LogP contribution in [0.2, 0.25) is 0 Å². The first-order chi connectivity index (χ1) is 7.41. The molecule has 1 unspecified atom stereocenters. The van der Waals surface area contributed by atoms with Crippen molar-refractivity contribution in [2.75, 3.05) is 6.54 Å². The quantitative estimate of drug-likeness (QED) is 0.781. The Hall–Kier alpha value is -1.07. The van der Waals surface area contributed by atoms with Crippen LogP contribution in [0.1, 0.15) is 25.5 Å². The van der Waals surface area contributed by atoms with E-state index in [1.165, 1.54) is 0 Å². The number of halogens is 3. The van der Waals surface area contributed by atoms with E-state index in [9.17, 15) is 13.2 Å². The average molecular weight is 233 g/mol. The van der Waals surface area contributed by atoms with Crippen LogP contribution in [0.25, 0.3) is 0 Å². The number of hydrogen-bond acceptors (Lipinski definition) is 2. The first-order valence-corrected chi connectivity index (χ1v) is 4.97. The van der Waals surface area contributed by atoms with Crippen LogP contribution in [0, 0.1) is 17.5 Å². The van der Waals surface area contributed by atoms with Gasteiger partial charge in [-0.2, -0.15) is 0 Å². The average Bonchev–Trinajstić information content (AvgIpc) is 2.21. The van der Waals surface area contributed by atoms with Crippen molar-refractivity contribution >= 4 is 0 Å². The maximum absolute atomic E-state index is 12.9. The van der Waals surface area contributed by atoms with Crippen LogP contribution < -0.4 is 5.32 Å². The molecule has 90 valence electrons. The Morgan fingerprint density at radius 1 is 1.19 bits per heavy atom. The van der Waals surface area contributed by atoms with Crippen molar-refractivity contribution in [1.82, 2.24) is 5.32 Å². The molecule has 0 spiro atoms. The van der Waals surface area contributed by atoms with E-state index in [0.717, 1.165) is 12.1 Å². The summed E-state index contributed by atoms with van der Waals surface area (Å²) in [5, 5.41) is 11.9. The van der Waals surface area contributed by atoms with Crippen molar-refractivity contribution in [3.63, 3.8) is 0 Å². The van der Waals surface area contributed by atoms with E-state index in [0.29, 0.717) is 12.1 Å². The lowest BCUT2D eigenvalue weighted by Gasteiger charge is -2.15. The Bertz CT molecular complexity index is 345. The van der Waals surface area contributed by atoms with Crippen LogP contribution in [0.15, 0.2) is 12.1 Å². The van der Waals surface area contributed by atoms with E-state index in [1.807, 2.05) is 0 Å². The van der Waals surface area contributed by atoms with Crippen LogP contribution in [0.3, 0.4) is 0 Å². The van der Waals surface area contributed by atoms with Gasteiger partial charge in [-0.3, -0.25) is 0 Å². The normalized spacial score (nSPS) is 14.9. The lowest BCUT2D eigenvalue weighted by molar-refractivity contribution is 0.187. The zero-order valence-electron chi connectivity index (χ0n) is 9.10. The summed E-state index contributed by atoms with van der Waals surface area (Å²) in [7, 11) is 0. The van der Waals surface area contributed by atoms with E-state index in [-0.39, 0.29) is 6.04 Å². The number of nitrogens with one attached hydrogen (secondary N) is 1. The Balaban J connectivity index is 2.80. The van der Waals surface area contributed by atoms with E-state index in [4.69, 9.17) is 5.11 Å². The fourth-order valence-corrected chi connectivity index (χ4v) is 1.29. The summed E-state index contributed by atoms with van der Waals surface area (Å²) in [6, 6.07) is 1.52. The molecule has 0 aliphatic rings. The molecule has 0 bridgehead atoms. The van der Waals surface area contributed by atoms with Gasteiger partial charge in [0, 0.05) is 12.6 Å². The summed E-state index contributed by atoms with van der Waals surface area (Å²) in [6.07, 6.45) is -0.558. The van der Waals surface area contributed by atoms with Gasteiger partial charge in [0.25, 0.3) is 0 Å². The zero-order chi connectivity index (χ0) is 12.3. The standard InChI is InChI=1S/C11H14F3NO/c1-6(16)5-15-7(2)8-3-9(12)11(14)10(13)4-8/h3-4,6-7,15-16H,5H2,1-2H3/t6-,7?/m1/s1. The van der Waals surface area contributed by atoms with Gasteiger partial charge in [-0.1, -0.05) is 0 Å². The molecule has 1 aromatic rings. The molecule has 0 saturated heterocycles. The molecule has 1 aromatic carbocycles. The Labute approximate surface area is 92.1 Å². The molecule has 0 fully saturated rings. The van der Waals surface area contributed by atoms with Gasteiger partial charge in [0.2, 0.25) is 0 Å². The smallest absolute Gasteiger partial charge is 0.194 e. The summed E-state index contributed by atoms with van der Waals surface area (Å²) in [4.78, 5) is 0. The fraction of sp³-hybridized carbons (Fsp3) is 0.455. The van der Waals surface area contributed by atoms with Gasteiger partial charge in [0.1, 0.15) is 0 Å². The number of aliphatic hydroxyl groups is 1. The van der Waals surface area contributed by atoms with Crippen LogP contribution >= 0.6 is 0 Å². The Kier molecular flexibility index (Phi) is 4.32. The van der Waals surface area contributed by atoms with E-state index in [2.05, 4.69) is 5.32 Å². The topological polar surface area (TPSA) is 32.3 Å². The van der Waals surface area contributed by atoms with Gasteiger partial charge in [-0.05, 0) is 31.5 Å². The number of rotatable bonds is 4. The second kappa shape index (κ2) is 5.32. The monoisotopic (exact) mass is 233 g/mol. The molecule has 0 radical (unpaired) electrons. The number of aliphatic hydroxyl groups excluding tert-OH is 1. The minimum Gasteiger partial charge on any atom is -0.392 e. The second-order valence-electron chi connectivity index (χ2n) is 3.78. The first kappa shape index (κ1) is 13.0. The SMILES string of the molecule is CC(NC[C@@H](C)O)c1cc(F)c(F)c(F)c1. The maximum atomic E-state index is 12.9. The van der Waals surface area contributed by atoms with Crippen molar-refractivity contribution in [2.45, 2.75) is 26.0 Å². The van der Waals surface area contributed by atoms with Gasteiger partial charge in [-0.25, -0.2) is 13.2 Å². The van der Waals surface area contributed by atoms with Crippen molar-refractivity contribution < 1.29 is 18.3 Å². The molecule has 0 heterocycles. The van der Waals surface area contributed by atoms with Crippen molar-refractivity contribution in [2.24, 2.45) is 0 Å². The predicted octanol–water partition coefficient (Wildman–Crippen LogP) is 2.14. The van der Waals surface area contributed by atoms with E-state index in [1.54, 1.807) is 13.8 Å². The van der Waals surface area contributed by atoms with Crippen LogP contribution in [-0.2, 0) is 0 Å². The van der Waals surface area contributed by atoms with Gasteiger partial charge in [-0.15, -0.1) is 0 Å². The van der Waals surface area contributed by atoms with Gasteiger partial charge in [0.05, 0.1) is 6.10 Å². The van der Waals surface area contributed by atoms with Crippen LogP contribution in [0.5, 0.6) is 0 Å². The minimum atomic E-state index is -1.47. The summed E-state index contributed by atoms with van der Waals surface area (Å²) < 4.78 is 38.5. The molecular weight excluding hydrogens is 219 g/mol. The lowest BCUT2D eigenvalue weighted by Crippen LogP contribution is -2.27. The molecule has 0 aromatic heterocycles. The highest BCUT2D eigenvalue weighted by molar-refractivity contribution is 5.22. The lowest BCUT2D eigenvalue weighted by atomic mass is 10.1. The van der Waals surface area contributed by atoms with Crippen molar-refractivity contribution in [3.05, 3.63) is 35.1 Å². The Morgan fingerprint density at radius 2 is 1.69 bits per heavy atom. The van der Waals surface area contributed by atoms with E-state index >= 15 is 0 Å². The molecule has 0 saturated carbocycles. The van der Waals surface area contributed by atoms with Crippen molar-refractivity contribution in [3.8, 4) is 0 Å². The third kappa shape index (κ3) is 3.21. The summed E-state index contributed by atoms with van der Waals surface area (Å²) in [5.41, 5.74) is 0.303. The molecular formula is C11H14F3NO. The number of hydrogen-bond donors (Lipinski definition) is 2. The molecule has 0 aliphatic carbocycles. The summed E-state index contributed by atoms with van der Waals surface area (Å²) in [6.45, 7) is 3.56. The third-order valence-corrected chi connectivity index (χ3v) is 2.23. The van der Waals surface area contributed by atoms with Gasteiger partial charge < -0.3 is 10.4 Å². The van der Waals surface area contributed by atoms with Gasteiger partial charge in [0.15, 0.2) is 17.5 Å². The molecule has 16 heavy (non-hydrogen) atoms. The molecule has 5 heteroatoms. The molecule has 0 aliphatic heterocycles. The highest BCUT2D eigenvalue weighted by Gasteiger charge is 2.14. The minimum absolute atomic E-state index is 0.293. The third-order valence-electron chi connectivity index (χ3n) is 2.23. The first-order valence-electron chi connectivity index (χ1n) is 4.97. The zero-order valence-corrected chi connectivity index (χ0v) is 9.10. The largest absolute Gasteiger partial charge is 0.392 e. The highest BCUT2D eigenvalue weighted by atomic mass is 19.2. The van der Waals surface area contributed by atoms with Crippen molar-refractivity contribution in [1.29, 1.82) is 0 Å². The van der Waals surface area contributed by atoms with Crippen LogP contribution in [0.4, 0.5) is 13.2 Å². The number of benzene rings is 1. The van der Waals surface area contributed by atoms with Crippen LogP contribution in [-0.4, -0.2) is 17.8 Å². The summed E-state index contributed by atoms with van der Waals surface area (Å²) in [5.74, 6) is -3.88. The maximum Gasteiger partial charge on any atom is 0.194 e. The molecule has 1 rings (SSSR count). The molecule has 2 N–H and O–H groups in total. The second-order valence-corrected chi connectivity index (χ2v) is 3.78. The van der Waals surface area contributed by atoms with Gasteiger partial charge >= 0.3 is 0 Å². The molecule has 2 atom stereocenters. The molecule has 2 nitrogen and oxygen atoms in total. The Morgan fingerprint density at radius 3 is 2.12 bits per heavy atom. The molecule has 0 amide bonds. The fourth-order valence-electron chi connectivity index (χ4n) is 1.29. The highest BCUT2D eigenvalue weighted by Crippen LogP contribution is 2.18. The summed E-state index contributed by atoms with van der Waals surface area (Å²) >= 11 is 0. The predicted molar refractivity (Wildman–Crippen MR) is 54.4 cm³/mol.